The SMILES string of the molecule is CC(C)Oc1ccc(-c2ccc(N=Nc3cc(S(=O)(=O)O)c4ccccc4c3N)cn2)cc1.[H-].[Na+]. The first-order chi connectivity index (χ1) is 15.7. The minimum Gasteiger partial charge on any atom is -1.00 e. The number of benzene rings is 3. The number of ether oxygens (including phenoxy) is 1. The Bertz CT molecular complexity index is 1450. The van der Waals surface area contributed by atoms with Gasteiger partial charge in [0, 0.05) is 16.3 Å². The quantitative estimate of drug-likeness (QED) is 0.187. The predicted octanol–water partition coefficient (Wildman–Crippen LogP) is 3.05. The Hall–Kier alpha value is -2.82. The smallest absolute Gasteiger partial charge is 1.00 e. The average molecular weight is 487 g/mol. The van der Waals surface area contributed by atoms with Crippen molar-refractivity contribution in [2.75, 3.05) is 5.73 Å². The summed E-state index contributed by atoms with van der Waals surface area (Å²) in [6.45, 7) is 3.94. The van der Waals surface area contributed by atoms with E-state index < -0.39 is 10.1 Å². The molecule has 4 aromatic rings. The molecule has 0 saturated heterocycles. The summed E-state index contributed by atoms with van der Waals surface area (Å²) in [5.41, 5.74) is 8.71. The summed E-state index contributed by atoms with van der Waals surface area (Å²) >= 11 is 0. The Morgan fingerprint density at radius 3 is 2.26 bits per heavy atom. The molecule has 0 aliphatic rings. The predicted molar refractivity (Wildman–Crippen MR) is 129 cm³/mol. The van der Waals surface area contributed by atoms with Gasteiger partial charge in [-0.3, -0.25) is 9.54 Å². The van der Waals surface area contributed by atoms with Crippen molar-refractivity contribution in [2.45, 2.75) is 24.8 Å². The van der Waals surface area contributed by atoms with E-state index in [1.165, 1.54) is 6.07 Å². The third-order valence-electron chi connectivity index (χ3n) is 4.85. The number of pyridine rings is 1. The first-order valence-electron chi connectivity index (χ1n) is 10.2. The maximum absolute atomic E-state index is 11.9. The van der Waals surface area contributed by atoms with Crippen LogP contribution in [0, 0.1) is 0 Å². The number of anilines is 1. The van der Waals surface area contributed by atoms with Gasteiger partial charge in [0.15, 0.2) is 0 Å². The summed E-state index contributed by atoms with van der Waals surface area (Å²) in [5, 5.41) is 9.02. The van der Waals surface area contributed by atoms with E-state index in [0.29, 0.717) is 16.5 Å². The fourth-order valence-corrected chi connectivity index (χ4v) is 4.07. The number of hydrogen-bond donors (Lipinski definition) is 2. The molecule has 0 amide bonds. The zero-order valence-electron chi connectivity index (χ0n) is 20.0. The molecule has 0 radical (unpaired) electrons. The molecule has 170 valence electrons. The molecule has 3 N–H and O–H groups in total. The molecule has 3 aromatic carbocycles. The zero-order valence-corrected chi connectivity index (χ0v) is 21.8. The monoisotopic (exact) mass is 486 g/mol. The summed E-state index contributed by atoms with van der Waals surface area (Å²) in [4.78, 5) is 4.14. The van der Waals surface area contributed by atoms with E-state index in [2.05, 4.69) is 15.2 Å². The van der Waals surface area contributed by atoms with Gasteiger partial charge in [0.25, 0.3) is 10.1 Å². The molecule has 10 heteroatoms. The van der Waals surface area contributed by atoms with Crippen molar-refractivity contribution in [3.05, 3.63) is 72.9 Å². The van der Waals surface area contributed by atoms with Crippen LogP contribution < -0.4 is 40.0 Å². The average Bonchev–Trinajstić information content (AvgIpc) is 2.78. The van der Waals surface area contributed by atoms with E-state index in [-0.39, 0.29) is 53.4 Å². The first kappa shape index (κ1) is 25.8. The summed E-state index contributed by atoms with van der Waals surface area (Å²) in [6.07, 6.45) is 1.65. The number of rotatable bonds is 6. The minimum absolute atomic E-state index is 0. The van der Waals surface area contributed by atoms with Gasteiger partial charge in [-0.1, -0.05) is 24.3 Å². The summed E-state index contributed by atoms with van der Waals surface area (Å²) in [6, 6.07) is 19.0. The molecular weight excluding hydrogens is 463 g/mol. The van der Waals surface area contributed by atoms with Gasteiger partial charge < -0.3 is 11.9 Å². The van der Waals surface area contributed by atoms with Crippen LogP contribution in [0.3, 0.4) is 0 Å². The maximum Gasteiger partial charge on any atom is 1.00 e. The number of nitrogen functional groups attached to an aromatic ring is 1. The van der Waals surface area contributed by atoms with Crippen LogP contribution in [0.15, 0.2) is 88.1 Å². The van der Waals surface area contributed by atoms with E-state index >= 15 is 0 Å². The van der Waals surface area contributed by atoms with E-state index in [4.69, 9.17) is 10.5 Å². The maximum atomic E-state index is 11.9. The Morgan fingerprint density at radius 1 is 1.00 bits per heavy atom. The second-order valence-electron chi connectivity index (χ2n) is 7.62. The van der Waals surface area contributed by atoms with Crippen molar-refractivity contribution < 1.29 is 48.7 Å². The molecule has 0 bridgehead atoms. The fraction of sp³-hybridized carbons (Fsp3) is 0.125. The van der Waals surface area contributed by atoms with Crippen LogP contribution in [0.25, 0.3) is 22.0 Å². The summed E-state index contributed by atoms with van der Waals surface area (Å²) < 4.78 is 39.0. The van der Waals surface area contributed by atoms with Gasteiger partial charge in [-0.15, -0.1) is 10.2 Å². The van der Waals surface area contributed by atoms with Crippen LogP contribution in [-0.4, -0.2) is 24.1 Å². The van der Waals surface area contributed by atoms with Gasteiger partial charge >= 0.3 is 29.6 Å². The van der Waals surface area contributed by atoms with Gasteiger partial charge in [-0.25, -0.2) is 0 Å². The van der Waals surface area contributed by atoms with Crippen LogP contribution >= 0.6 is 0 Å². The molecular formula is C24H23N4NaO4S. The van der Waals surface area contributed by atoms with Crippen LogP contribution in [0.4, 0.5) is 17.1 Å². The van der Waals surface area contributed by atoms with Crippen LogP contribution in [-0.2, 0) is 10.1 Å². The molecule has 1 aromatic heterocycles. The minimum atomic E-state index is -4.48. The van der Waals surface area contributed by atoms with Gasteiger partial charge in [-0.2, -0.15) is 8.42 Å². The van der Waals surface area contributed by atoms with Crippen LogP contribution in [0.2, 0.25) is 0 Å². The number of azo groups is 1. The molecule has 0 saturated carbocycles. The van der Waals surface area contributed by atoms with Crippen molar-refractivity contribution >= 4 is 38.0 Å². The fourth-order valence-electron chi connectivity index (χ4n) is 3.35. The van der Waals surface area contributed by atoms with E-state index in [9.17, 15) is 13.0 Å². The molecule has 1 heterocycles. The molecule has 0 fully saturated rings. The molecule has 8 nitrogen and oxygen atoms in total. The second-order valence-corrected chi connectivity index (χ2v) is 9.01. The standard InChI is InChI=1S/C24H22N4O4S.Na.H/c1-15(2)32-18-10-7-16(8-11-18)21-12-9-17(14-26-21)27-28-22-13-23(33(29,30)31)19-5-3-4-6-20(19)24(22)25;;/h3-15H,25H2,1-2H3,(H,29,30,31);;/q;+1;-1. The Morgan fingerprint density at radius 2 is 1.68 bits per heavy atom. The molecule has 0 atom stereocenters. The summed E-state index contributed by atoms with van der Waals surface area (Å²) in [5.74, 6) is 0.788. The molecule has 0 spiro atoms. The van der Waals surface area contributed by atoms with Gasteiger partial charge in [-0.05, 0) is 56.3 Å². The number of hydrogen-bond acceptors (Lipinski definition) is 7. The second kappa shape index (κ2) is 10.6. The van der Waals surface area contributed by atoms with Crippen LogP contribution in [0.5, 0.6) is 5.75 Å². The van der Waals surface area contributed by atoms with E-state index in [1.54, 1.807) is 42.6 Å². The van der Waals surface area contributed by atoms with Gasteiger partial charge in [0.1, 0.15) is 22.0 Å². The number of fused-ring (bicyclic) bond motifs is 1. The first-order valence-corrected chi connectivity index (χ1v) is 11.6. The van der Waals surface area contributed by atoms with Crippen molar-refractivity contribution in [3.63, 3.8) is 0 Å². The van der Waals surface area contributed by atoms with Crippen molar-refractivity contribution in [1.82, 2.24) is 4.98 Å². The Kier molecular flexibility index (Phi) is 8.06. The zero-order chi connectivity index (χ0) is 23.6. The molecule has 34 heavy (non-hydrogen) atoms. The molecule has 0 aliphatic carbocycles. The van der Waals surface area contributed by atoms with E-state index in [1.807, 2.05) is 38.1 Å². The number of aromatic nitrogens is 1. The summed E-state index contributed by atoms with van der Waals surface area (Å²) in [7, 11) is -4.48. The third kappa shape index (κ3) is 5.81. The third-order valence-corrected chi connectivity index (χ3v) is 5.74. The molecule has 0 aliphatic heterocycles. The number of nitrogens with zero attached hydrogens (tertiary/aromatic N) is 3. The molecule has 0 unspecified atom stereocenters. The van der Waals surface area contributed by atoms with Crippen LogP contribution in [0.1, 0.15) is 15.3 Å². The molecule has 4 rings (SSSR count). The Balaban J connectivity index is 0.00000216. The van der Waals surface area contributed by atoms with Crippen molar-refractivity contribution in [1.29, 1.82) is 0 Å². The largest absolute Gasteiger partial charge is 1.00 e. The van der Waals surface area contributed by atoms with Gasteiger partial charge in [0.2, 0.25) is 0 Å². The van der Waals surface area contributed by atoms with Crippen molar-refractivity contribution in [3.8, 4) is 17.0 Å². The topological polar surface area (TPSA) is 127 Å². The Labute approximate surface area is 221 Å². The van der Waals surface area contributed by atoms with Gasteiger partial charge in [0.05, 0.1) is 23.7 Å². The normalized spacial score (nSPS) is 11.6. The number of nitrogens with two attached hydrogens (primary N) is 1. The van der Waals surface area contributed by atoms with E-state index in [0.717, 1.165) is 17.0 Å². The van der Waals surface area contributed by atoms with Crippen molar-refractivity contribution in [2.24, 2.45) is 10.2 Å².